The van der Waals surface area contributed by atoms with Crippen molar-refractivity contribution in [2.24, 2.45) is 3.77 Å². The summed E-state index contributed by atoms with van der Waals surface area (Å²) < 4.78 is 58.1. The Balaban J connectivity index is 2.23. The van der Waals surface area contributed by atoms with E-state index in [2.05, 4.69) is 3.77 Å². The van der Waals surface area contributed by atoms with Crippen molar-refractivity contribution in [1.29, 1.82) is 0 Å². The number of halogens is 1. The van der Waals surface area contributed by atoms with Crippen LogP contribution in [-0.2, 0) is 19.8 Å². The van der Waals surface area contributed by atoms with E-state index < -0.39 is 25.3 Å². The fourth-order valence-electron chi connectivity index (χ4n) is 2.50. The topological polar surface area (TPSA) is 63.6 Å². The van der Waals surface area contributed by atoms with Gasteiger partial charge in [-0.2, -0.15) is 8.42 Å². The monoisotopic (exact) mass is 403 g/mol. The predicted octanol–water partition coefficient (Wildman–Crippen LogP) is 4.88. The molecule has 3 aromatic rings. The van der Waals surface area contributed by atoms with Gasteiger partial charge in [-0.1, -0.05) is 70.0 Å². The smallest absolute Gasteiger partial charge is 0.240 e. The van der Waals surface area contributed by atoms with E-state index in [-0.39, 0.29) is 15.4 Å². The van der Waals surface area contributed by atoms with Crippen molar-refractivity contribution >= 4 is 19.8 Å². The molecule has 0 aliphatic rings. The summed E-state index contributed by atoms with van der Waals surface area (Å²) in [5, 5.41) is 0. The number of rotatable bonds is 5. The van der Waals surface area contributed by atoms with Crippen LogP contribution in [0.4, 0.5) is 4.39 Å². The SMILES string of the molecule is Cc1ccc(S(=O)(=O)N=[S@](=O)(c2ccccc2)[C@H](F)c2ccccc2)cc1. The van der Waals surface area contributed by atoms with Gasteiger partial charge >= 0.3 is 0 Å². The van der Waals surface area contributed by atoms with Crippen LogP contribution in [0.3, 0.4) is 0 Å². The van der Waals surface area contributed by atoms with Crippen LogP contribution in [0.1, 0.15) is 16.6 Å². The quantitative estimate of drug-likeness (QED) is 0.610. The number of alkyl halides is 1. The summed E-state index contributed by atoms with van der Waals surface area (Å²) in [6, 6.07) is 21.4. The number of hydrogen-bond acceptors (Lipinski definition) is 3. The van der Waals surface area contributed by atoms with E-state index in [1.165, 1.54) is 36.4 Å². The van der Waals surface area contributed by atoms with E-state index in [4.69, 9.17) is 0 Å². The molecule has 0 bridgehead atoms. The maximum atomic E-state index is 15.3. The third-order valence-corrected chi connectivity index (χ3v) is 8.27. The number of sulfonamides is 1. The van der Waals surface area contributed by atoms with Gasteiger partial charge in [-0.25, -0.2) is 8.60 Å². The predicted molar refractivity (Wildman–Crippen MR) is 104 cm³/mol. The van der Waals surface area contributed by atoms with Gasteiger partial charge in [0.2, 0.25) is 5.50 Å². The molecule has 140 valence electrons. The van der Waals surface area contributed by atoms with Crippen LogP contribution in [0, 0.1) is 6.92 Å². The van der Waals surface area contributed by atoms with E-state index in [1.54, 1.807) is 48.5 Å². The van der Waals surface area contributed by atoms with Gasteiger partial charge in [-0.15, -0.1) is 0 Å². The highest BCUT2D eigenvalue weighted by atomic mass is 32.3. The highest BCUT2D eigenvalue weighted by Crippen LogP contribution is 2.34. The third-order valence-electron chi connectivity index (χ3n) is 3.95. The van der Waals surface area contributed by atoms with Crippen molar-refractivity contribution in [3.63, 3.8) is 0 Å². The van der Waals surface area contributed by atoms with Crippen molar-refractivity contribution in [2.45, 2.75) is 22.2 Å². The lowest BCUT2D eigenvalue weighted by molar-refractivity contribution is 0.450. The molecular weight excluding hydrogens is 385 g/mol. The normalized spacial score (nSPS) is 14.9. The van der Waals surface area contributed by atoms with Crippen molar-refractivity contribution in [1.82, 2.24) is 0 Å². The second-order valence-corrected chi connectivity index (χ2v) is 10.0. The van der Waals surface area contributed by atoms with Gasteiger partial charge in [0.1, 0.15) is 9.73 Å². The number of nitrogens with zero attached hydrogens (tertiary/aromatic N) is 1. The van der Waals surface area contributed by atoms with Gasteiger partial charge in [-0.05, 0) is 36.8 Å². The first-order valence-corrected chi connectivity index (χ1v) is 11.2. The molecule has 0 fully saturated rings. The Morgan fingerprint density at radius 3 is 1.81 bits per heavy atom. The Hall–Kier alpha value is -2.51. The maximum absolute atomic E-state index is 15.3. The lowest BCUT2D eigenvalue weighted by Crippen LogP contribution is -2.13. The first-order valence-electron chi connectivity index (χ1n) is 8.16. The molecule has 3 rings (SSSR count). The van der Waals surface area contributed by atoms with Crippen LogP contribution in [0.25, 0.3) is 0 Å². The molecule has 2 atom stereocenters. The van der Waals surface area contributed by atoms with E-state index in [9.17, 15) is 12.6 Å². The molecule has 7 heteroatoms. The molecule has 0 unspecified atom stereocenters. The molecule has 0 aliphatic carbocycles. The highest BCUT2D eigenvalue weighted by Gasteiger charge is 2.30. The van der Waals surface area contributed by atoms with Crippen LogP contribution in [0.2, 0.25) is 0 Å². The third kappa shape index (κ3) is 4.09. The van der Waals surface area contributed by atoms with Gasteiger partial charge in [0.15, 0.2) is 0 Å². The second-order valence-electron chi connectivity index (χ2n) is 5.97. The first-order chi connectivity index (χ1) is 12.8. The summed E-state index contributed by atoms with van der Waals surface area (Å²) in [6.45, 7) is 1.81. The number of hydrogen-bond donors (Lipinski definition) is 0. The molecule has 0 heterocycles. The Bertz CT molecular complexity index is 1140. The first kappa shape index (κ1) is 19.3. The summed E-state index contributed by atoms with van der Waals surface area (Å²) in [5.74, 6) is 0. The standard InChI is InChI=1S/C20H18FNO3S2/c1-16-12-14-19(15-13-16)27(24,25)22-26(23,18-10-6-3-7-11-18)20(21)17-8-4-2-5-9-17/h2-15,20H,1H3/t20-,26-/m0/s1. The van der Waals surface area contributed by atoms with Gasteiger partial charge in [0.05, 0.1) is 9.79 Å². The van der Waals surface area contributed by atoms with Gasteiger partial charge in [0.25, 0.3) is 10.0 Å². The van der Waals surface area contributed by atoms with E-state index >= 15 is 4.39 Å². The van der Waals surface area contributed by atoms with E-state index in [0.717, 1.165) is 5.56 Å². The second kappa shape index (κ2) is 7.62. The molecule has 0 amide bonds. The summed E-state index contributed by atoms with van der Waals surface area (Å²) in [7, 11) is -8.27. The summed E-state index contributed by atoms with van der Waals surface area (Å²) in [5.41, 5.74) is -1.12. The van der Waals surface area contributed by atoms with E-state index in [1.807, 2.05) is 6.92 Å². The average molecular weight is 404 g/mol. The van der Waals surface area contributed by atoms with Crippen molar-refractivity contribution in [3.05, 3.63) is 96.1 Å². The average Bonchev–Trinajstić information content (AvgIpc) is 2.68. The molecule has 4 nitrogen and oxygen atoms in total. The van der Waals surface area contributed by atoms with Gasteiger partial charge in [0, 0.05) is 0 Å². The lowest BCUT2D eigenvalue weighted by Gasteiger charge is -2.15. The zero-order valence-corrected chi connectivity index (χ0v) is 16.2. The Morgan fingerprint density at radius 2 is 1.26 bits per heavy atom. The molecule has 0 radical (unpaired) electrons. The van der Waals surface area contributed by atoms with Crippen LogP contribution < -0.4 is 0 Å². The molecule has 0 saturated heterocycles. The zero-order chi connectivity index (χ0) is 19.5. The highest BCUT2D eigenvalue weighted by molar-refractivity contribution is 8.03. The number of benzene rings is 3. The van der Waals surface area contributed by atoms with Crippen LogP contribution in [-0.4, -0.2) is 12.6 Å². The largest absolute Gasteiger partial charge is 0.290 e. The summed E-state index contributed by atoms with van der Waals surface area (Å²) >= 11 is 0. The maximum Gasteiger partial charge on any atom is 0.290 e. The summed E-state index contributed by atoms with van der Waals surface area (Å²) in [6.07, 6.45) is 0. The van der Waals surface area contributed by atoms with Gasteiger partial charge in [-0.3, -0.25) is 0 Å². The van der Waals surface area contributed by atoms with Gasteiger partial charge < -0.3 is 0 Å². The molecule has 27 heavy (non-hydrogen) atoms. The fraction of sp³-hybridized carbons (Fsp3) is 0.100. The number of aryl methyl sites for hydroxylation is 1. The van der Waals surface area contributed by atoms with Crippen LogP contribution in [0.15, 0.2) is 98.5 Å². The molecule has 0 aliphatic heterocycles. The van der Waals surface area contributed by atoms with Crippen molar-refractivity contribution in [3.8, 4) is 0 Å². The minimum absolute atomic E-state index is 0.0250. The minimum atomic E-state index is -4.33. The fourth-order valence-corrected chi connectivity index (χ4v) is 6.45. The summed E-state index contributed by atoms with van der Waals surface area (Å²) in [4.78, 5) is -0.103. The van der Waals surface area contributed by atoms with Crippen molar-refractivity contribution in [2.75, 3.05) is 0 Å². The lowest BCUT2D eigenvalue weighted by atomic mass is 10.2. The molecule has 0 aromatic heterocycles. The van der Waals surface area contributed by atoms with Crippen molar-refractivity contribution < 1.29 is 17.0 Å². The molecule has 3 aromatic carbocycles. The Morgan fingerprint density at radius 1 is 0.741 bits per heavy atom. The molecule has 0 spiro atoms. The zero-order valence-electron chi connectivity index (χ0n) is 14.5. The minimum Gasteiger partial charge on any atom is -0.240 e. The Labute approximate surface area is 158 Å². The molecule has 0 N–H and O–H groups in total. The van der Waals surface area contributed by atoms with Crippen LogP contribution in [0.5, 0.6) is 0 Å². The molecular formula is C20H18FNO3S2. The van der Waals surface area contributed by atoms with Crippen LogP contribution >= 0.6 is 0 Å². The Kier molecular flexibility index (Phi) is 5.43. The van der Waals surface area contributed by atoms with E-state index in [0.29, 0.717) is 0 Å². The molecule has 0 saturated carbocycles.